The molecule has 1 amide bonds. The van der Waals surface area contributed by atoms with Crippen LogP contribution in [0.25, 0.3) is 11.1 Å². The van der Waals surface area contributed by atoms with Gasteiger partial charge in [0.15, 0.2) is 5.58 Å². The van der Waals surface area contributed by atoms with Crippen LogP contribution in [0.15, 0.2) is 33.9 Å². The Morgan fingerprint density at radius 1 is 1.42 bits per heavy atom. The van der Waals surface area contributed by atoms with Crippen molar-refractivity contribution >= 4 is 28.0 Å². The minimum Gasteiger partial charge on any atom is -0.444 e. The Balaban J connectivity index is 1.69. The molecular formula is C17H22N2O4S. The lowest BCUT2D eigenvalue weighted by Gasteiger charge is -2.28. The number of aromatic nitrogens is 1. The second kappa shape index (κ2) is 6.55. The van der Waals surface area contributed by atoms with Crippen molar-refractivity contribution in [3.63, 3.8) is 0 Å². The first kappa shape index (κ1) is 17.0. The molecule has 0 radical (unpaired) electrons. The zero-order valence-electron chi connectivity index (χ0n) is 14.2. The number of amides is 1. The third-order valence-corrected chi connectivity index (χ3v) is 5.07. The molecule has 3 rings (SSSR count). The van der Waals surface area contributed by atoms with Gasteiger partial charge in [0, 0.05) is 12.6 Å². The van der Waals surface area contributed by atoms with Crippen molar-refractivity contribution in [3.05, 3.63) is 24.3 Å². The highest BCUT2D eigenvalue weighted by molar-refractivity contribution is 7.84. The molecule has 0 saturated carbocycles. The summed E-state index contributed by atoms with van der Waals surface area (Å²) in [5.74, 6) is 0.312. The van der Waals surface area contributed by atoms with Crippen molar-refractivity contribution in [2.75, 3.05) is 12.3 Å². The van der Waals surface area contributed by atoms with Gasteiger partial charge in [0.1, 0.15) is 21.9 Å². The van der Waals surface area contributed by atoms with Crippen molar-refractivity contribution < 1.29 is 18.2 Å². The standard InChI is InChI=1S/C17H22N2O4S/c1-17(2,3)23-16(20)19-10-6-7-12(19)11-24(21)15-18-13-8-4-5-9-14(13)22-15/h4-5,8-9,12H,6-7,10-11H2,1-3H3/t12-,24-/m0/s1. The van der Waals surface area contributed by atoms with E-state index in [9.17, 15) is 9.00 Å². The van der Waals surface area contributed by atoms with Crippen LogP contribution < -0.4 is 0 Å². The molecule has 2 heterocycles. The van der Waals surface area contributed by atoms with Gasteiger partial charge in [-0.3, -0.25) is 0 Å². The van der Waals surface area contributed by atoms with E-state index in [-0.39, 0.29) is 17.4 Å². The minimum absolute atomic E-state index is 0.115. The van der Waals surface area contributed by atoms with E-state index < -0.39 is 16.4 Å². The van der Waals surface area contributed by atoms with Gasteiger partial charge >= 0.3 is 6.09 Å². The number of carbonyl (C=O) groups is 1. The number of nitrogens with zero attached hydrogens (tertiary/aromatic N) is 2. The molecule has 0 unspecified atom stereocenters. The maximum absolute atomic E-state index is 12.6. The Bertz CT molecular complexity index is 732. The fraction of sp³-hybridized carbons (Fsp3) is 0.529. The largest absolute Gasteiger partial charge is 0.444 e. The van der Waals surface area contributed by atoms with Crippen molar-refractivity contribution in [2.45, 2.75) is 50.5 Å². The first-order valence-corrected chi connectivity index (χ1v) is 9.39. The molecular weight excluding hydrogens is 328 g/mol. The Morgan fingerprint density at radius 2 is 2.17 bits per heavy atom. The lowest BCUT2D eigenvalue weighted by Crippen LogP contribution is -2.42. The predicted octanol–water partition coefficient (Wildman–Crippen LogP) is 3.33. The number of fused-ring (bicyclic) bond motifs is 1. The SMILES string of the molecule is CC(C)(C)OC(=O)N1CCC[C@H]1C[S@](=O)c1nc2ccccc2o1. The van der Waals surface area contributed by atoms with E-state index in [1.165, 1.54) is 0 Å². The Morgan fingerprint density at radius 3 is 2.88 bits per heavy atom. The van der Waals surface area contributed by atoms with E-state index in [1.807, 2.05) is 39.0 Å². The fourth-order valence-corrected chi connectivity index (χ4v) is 3.99. The van der Waals surface area contributed by atoms with Crippen molar-refractivity contribution in [1.29, 1.82) is 0 Å². The van der Waals surface area contributed by atoms with Gasteiger partial charge in [-0.1, -0.05) is 12.1 Å². The summed E-state index contributed by atoms with van der Waals surface area (Å²) >= 11 is 0. The lowest BCUT2D eigenvalue weighted by molar-refractivity contribution is 0.0241. The average molecular weight is 350 g/mol. The van der Waals surface area contributed by atoms with Crippen molar-refractivity contribution in [3.8, 4) is 0 Å². The van der Waals surface area contributed by atoms with Crippen LogP contribution in [-0.2, 0) is 15.5 Å². The number of likely N-dealkylation sites (tertiary alicyclic amines) is 1. The van der Waals surface area contributed by atoms with Gasteiger partial charge in [-0.2, -0.15) is 0 Å². The normalized spacial score (nSPS) is 19.6. The highest BCUT2D eigenvalue weighted by atomic mass is 32.2. The van der Waals surface area contributed by atoms with Crippen LogP contribution in [0, 0.1) is 0 Å². The highest BCUT2D eigenvalue weighted by Gasteiger charge is 2.34. The summed E-state index contributed by atoms with van der Waals surface area (Å²) in [5.41, 5.74) is 0.775. The molecule has 2 aromatic rings. The summed E-state index contributed by atoms with van der Waals surface area (Å²) in [7, 11) is -1.39. The quantitative estimate of drug-likeness (QED) is 0.849. The Labute approximate surface area is 143 Å². The molecule has 6 nitrogen and oxygen atoms in total. The lowest BCUT2D eigenvalue weighted by atomic mass is 10.2. The molecule has 1 fully saturated rings. The second-order valence-corrected chi connectivity index (χ2v) is 8.30. The molecule has 1 saturated heterocycles. The van der Waals surface area contributed by atoms with Crippen LogP contribution in [0.2, 0.25) is 0 Å². The van der Waals surface area contributed by atoms with Crippen LogP contribution in [0.3, 0.4) is 0 Å². The second-order valence-electron chi connectivity index (χ2n) is 6.93. The van der Waals surface area contributed by atoms with Gasteiger partial charge in [-0.15, -0.1) is 0 Å². The van der Waals surface area contributed by atoms with Crippen molar-refractivity contribution in [1.82, 2.24) is 9.88 Å². The van der Waals surface area contributed by atoms with E-state index in [2.05, 4.69) is 4.98 Å². The van der Waals surface area contributed by atoms with Crippen LogP contribution in [0.1, 0.15) is 33.6 Å². The molecule has 0 spiro atoms. The van der Waals surface area contributed by atoms with Crippen LogP contribution in [-0.4, -0.2) is 44.1 Å². The summed E-state index contributed by atoms with van der Waals surface area (Å²) < 4.78 is 23.6. The van der Waals surface area contributed by atoms with Gasteiger partial charge in [0.2, 0.25) is 0 Å². The number of hydrogen-bond acceptors (Lipinski definition) is 5. The van der Waals surface area contributed by atoms with Gasteiger partial charge < -0.3 is 14.1 Å². The van der Waals surface area contributed by atoms with Crippen LogP contribution in [0.4, 0.5) is 4.79 Å². The van der Waals surface area contributed by atoms with Gasteiger partial charge in [0.25, 0.3) is 5.22 Å². The average Bonchev–Trinajstić information content (AvgIpc) is 3.11. The smallest absolute Gasteiger partial charge is 0.410 e. The van der Waals surface area contributed by atoms with E-state index in [1.54, 1.807) is 11.0 Å². The molecule has 130 valence electrons. The summed E-state index contributed by atoms with van der Waals surface area (Å²) in [4.78, 5) is 18.3. The highest BCUT2D eigenvalue weighted by Crippen LogP contribution is 2.24. The molecule has 1 aliphatic heterocycles. The molecule has 1 aromatic heterocycles. The maximum atomic E-state index is 12.6. The van der Waals surface area contributed by atoms with Crippen LogP contribution >= 0.6 is 0 Å². The molecule has 0 bridgehead atoms. The molecule has 7 heteroatoms. The molecule has 0 aliphatic carbocycles. The number of carbonyl (C=O) groups excluding carboxylic acids is 1. The first-order valence-electron chi connectivity index (χ1n) is 8.07. The van der Waals surface area contributed by atoms with E-state index in [0.29, 0.717) is 23.4 Å². The predicted molar refractivity (Wildman–Crippen MR) is 91.2 cm³/mol. The molecule has 0 N–H and O–H groups in total. The topological polar surface area (TPSA) is 72.6 Å². The van der Waals surface area contributed by atoms with Gasteiger partial charge in [-0.05, 0) is 45.7 Å². The van der Waals surface area contributed by atoms with E-state index in [4.69, 9.17) is 9.15 Å². The Kier molecular flexibility index (Phi) is 4.62. The fourth-order valence-electron chi connectivity index (χ4n) is 2.76. The third-order valence-electron chi connectivity index (χ3n) is 3.82. The summed E-state index contributed by atoms with van der Waals surface area (Å²) in [6.45, 7) is 6.15. The molecule has 24 heavy (non-hydrogen) atoms. The number of ether oxygens (including phenoxy) is 1. The third kappa shape index (κ3) is 3.77. The number of hydrogen-bond donors (Lipinski definition) is 0. The monoisotopic (exact) mass is 350 g/mol. The summed E-state index contributed by atoms with van der Waals surface area (Å²) in [5, 5.41) is 0.215. The number of benzene rings is 1. The van der Waals surface area contributed by atoms with Crippen molar-refractivity contribution in [2.24, 2.45) is 0 Å². The van der Waals surface area contributed by atoms with Crippen LogP contribution in [0.5, 0.6) is 0 Å². The number of rotatable bonds is 3. The van der Waals surface area contributed by atoms with Gasteiger partial charge in [-0.25, -0.2) is 14.0 Å². The summed E-state index contributed by atoms with van der Waals surface area (Å²) in [6, 6.07) is 7.21. The molecule has 1 aliphatic rings. The molecule has 2 atom stereocenters. The molecule has 1 aromatic carbocycles. The maximum Gasteiger partial charge on any atom is 0.410 e. The van der Waals surface area contributed by atoms with E-state index in [0.717, 1.165) is 12.8 Å². The van der Waals surface area contributed by atoms with E-state index >= 15 is 0 Å². The zero-order valence-corrected chi connectivity index (χ0v) is 15.0. The Hall–Kier alpha value is -1.89. The summed E-state index contributed by atoms with van der Waals surface area (Å²) in [6.07, 6.45) is 1.35. The van der Waals surface area contributed by atoms with Gasteiger partial charge in [0.05, 0.1) is 5.75 Å². The first-order chi connectivity index (χ1) is 11.3. The number of oxazole rings is 1. The number of para-hydroxylation sites is 2. The zero-order chi connectivity index (χ0) is 17.3. The minimum atomic E-state index is -1.39.